The van der Waals surface area contributed by atoms with Gasteiger partial charge in [0, 0.05) is 10.0 Å². The molecule has 2 unspecified atom stereocenters. The van der Waals surface area contributed by atoms with Crippen LogP contribution in [0.25, 0.3) is 0 Å². The molecule has 0 aromatic heterocycles. The molecule has 3 aromatic rings. The first kappa shape index (κ1) is 28.0. The third kappa shape index (κ3) is 4.78. The molecular formula is C31H34Cl2N2O3. The molecule has 1 aliphatic rings. The third-order valence-corrected chi connectivity index (χ3v) is 7.90. The molecule has 200 valence electrons. The highest BCUT2D eigenvalue weighted by atomic mass is 35.5. The van der Waals surface area contributed by atoms with Gasteiger partial charge >= 0.3 is 6.09 Å². The number of halogens is 2. The number of carboxylic acid groups (broad SMARTS) is 1. The van der Waals surface area contributed by atoms with Gasteiger partial charge in [-0.1, -0.05) is 74.3 Å². The lowest BCUT2D eigenvalue weighted by molar-refractivity contribution is 0.100. The van der Waals surface area contributed by atoms with Crippen LogP contribution in [0.4, 0.5) is 4.79 Å². The van der Waals surface area contributed by atoms with Gasteiger partial charge in [-0.25, -0.2) is 9.69 Å². The van der Waals surface area contributed by atoms with Gasteiger partial charge in [-0.2, -0.15) is 0 Å². The topological polar surface area (TPSA) is 62.1 Å². The van der Waals surface area contributed by atoms with Crippen molar-refractivity contribution >= 4 is 35.1 Å². The fourth-order valence-corrected chi connectivity index (χ4v) is 5.34. The van der Waals surface area contributed by atoms with Gasteiger partial charge in [-0.15, -0.1) is 0 Å². The Bertz CT molecular complexity index is 1380. The molecular weight excluding hydrogens is 519 g/mol. The van der Waals surface area contributed by atoms with Crippen LogP contribution in [-0.2, 0) is 16.5 Å². The normalized spacial score (nSPS) is 21.5. The first-order valence-electron chi connectivity index (χ1n) is 12.6. The van der Waals surface area contributed by atoms with E-state index in [1.165, 1.54) is 4.90 Å². The SMILES string of the molecule is CC(C)Oc1cc(C(C)(C)C)ccc1C1=NC(C)(c2ccc(Cl)cc2)C(C)(c2ccc(Cl)cc2)N1C(=O)O. The first-order chi connectivity index (χ1) is 17.7. The monoisotopic (exact) mass is 552 g/mol. The lowest BCUT2D eigenvalue weighted by Crippen LogP contribution is -2.54. The zero-order chi connectivity index (χ0) is 28.0. The summed E-state index contributed by atoms with van der Waals surface area (Å²) in [5.74, 6) is 0.916. The Kier molecular flexibility index (Phi) is 7.32. The molecule has 3 aromatic carbocycles. The maximum Gasteiger partial charge on any atom is 0.413 e. The summed E-state index contributed by atoms with van der Waals surface area (Å²) in [5, 5.41) is 11.9. The zero-order valence-corrected chi connectivity index (χ0v) is 24.4. The second kappa shape index (κ2) is 9.94. The van der Waals surface area contributed by atoms with Crippen molar-refractivity contribution in [2.24, 2.45) is 4.99 Å². The predicted molar refractivity (Wildman–Crippen MR) is 155 cm³/mol. The van der Waals surface area contributed by atoms with Gasteiger partial charge in [-0.3, -0.25) is 4.99 Å². The van der Waals surface area contributed by atoms with Crippen LogP contribution in [-0.4, -0.2) is 28.0 Å². The fraction of sp³-hybridized carbons (Fsp3) is 0.355. The number of carbonyl (C=O) groups is 1. The van der Waals surface area contributed by atoms with Crippen LogP contribution in [0.3, 0.4) is 0 Å². The molecule has 7 heteroatoms. The van der Waals surface area contributed by atoms with Crippen molar-refractivity contribution in [1.29, 1.82) is 0 Å². The molecule has 0 saturated heterocycles. The Hall–Kier alpha value is -3.02. The predicted octanol–water partition coefficient (Wildman–Crippen LogP) is 8.65. The van der Waals surface area contributed by atoms with E-state index in [1.807, 2.05) is 70.2 Å². The Balaban J connectivity index is 2.04. The number of nitrogens with zero attached hydrogens (tertiary/aromatic N) is 2. The second-order valence-electron chi connectivity index (χ2n) is 11.3. The number of aliphatic imine (C=N–C) groups is 1. The van der Waals surface area contributed by atoms with Crippen molar-refractivity contribution in [2.45, 2.75) is 71.1 Å². The van der Waals surface area contributed by atoms with E-state index in [1.54, 1.807) is 24.3 Å². The van der Waals surface area contributed by atoms with Gasteiger partial charge in [-0.05, 0) is 86.2 Å². The fourth-order valence-electron chi connectivity index (χ4n) is 5.09. The molecule has 0 radical (unpaired) electrons. The molecule has 38 heavy (non-hydrogen) atoms. The third-order valence-electron chi connectivity index (χ3n) is 7.39. The van der Waals surface area contributed by atoms with Crippen molar-refractivity contribution in [3.63, 3.8) is 0 Å². The molecule has 4 rings (SSSR count). The van der Waals surface area contributed by atoms with Crippen LogP contribution < -0.4 is 4.74 Å². The molecule has 1 N–H and O–H groups in total. The van der Waals surface area contributed by atoms with E-state index >= 15 is 0 Å². The highest BCUT2D eigenvalue weighted by Crippen LogP contribution is 2.53. The summed E-state index contributed by atoms with van der Waals surface area (Å²) in [6, 6.07) is 20.6. The number of ether oxygens (including phenoxy) is 1. The van der Waals surface area contributed by atoms with Crippen LogP contribution in [0.1, 0.15) is 70.7 Å². The van der Waals surface area contributed by atoms with Crippen LogP contribution in [0.2, 0.25) is 10.0 Å². The number of benzene rings is 3. The molecule has 0 spiro atoms. The van der Waals surface area contributed by atoms with E-state index in [2.05, 4.69) is 20.8 Å². The van der Waals surface area contributed by atoms with Gasteiger partial charge in [0.1, 0.15) is 22.7 Å². The lowest BCUT2D eigenvalue weighted by Gasteiger charge is -2.44. The van der Waals surface area contributed by atoms with E-state index < -0.39 is 17.2 Å². The zero-order valence-electron chi connectivity index (χ0n) is 22.8. The van der Waals surface area contributed by atoms with E-state index in [-0.39, 0.29) is 11.5 Å². The smallest absolute Gasteiger partial charge is 0.413 e. The number of amides is 1. The van der Waals surface area contributed by atoms with Gasteiger partial charge in [0.05, 0.1) is 11.7 Å². The molecule has 0 fully saturated rings. The number of hydrogen-bond donors (Lipinski definition) is 1. The minimum Gasteiger partial charge on any atom is -0.490 e. The summed E-state index contributed by atoms with van der Waals surface area (Å²) < 4.78 is 6.27. The summed E-state index contributed by atoms with van der Waals surface area (Å²) >= 11 is 12.4. The molecule has 2 atom stereocenters. The summed E-state index contributed by atoms with van der Waals surface area (Å²) in [7, 11) is 0. The van der Waals surface area contributed by atoms with E-state index in [0.717, 1.165) is 16.7 Å². The van der Waals surface area contributed by atoms with Crippen molar-refractivity contribution in [2.75, 3.05) is 0 Å². The minimum atomic E-state index is -1.12. The average Bonchev–Trinajstić information content (AvgIpc) is 3.07. The highest BCUT2D eigenvalue weighted by molar-refractivity contribution is 6.30. The van der Waals surface area contributed by atoms with E-state index in [0.29, 0.717) is 27.2 Å². The van der Waals surface area contributed by atoms with Gasteiger partial charge in [0.25, 0.3) is 0 Å². The number of hydrogen-bond acceptors (Lipinski definition) is 3. The van der Waals surface area contributed by atoms with Crippen LogP contribution in [0.5, 0.6) is 5.75 Å². The molecule has 0 aliphatic carbocycles. The summed E-state index contributed by atoms with van der Waals surface area (Å²) in [5.41, 5.74) is 1.05. The molecule has 0 bridgehead atoms. The van der Waals surface area contributed by atoms with Crippen molar-refractivity contribution < 1.29 is 14.6 Å². The summed E-state index contributed by atoms with van der Waals surface area (Å²) in [6.07, 6.45) is -1.23. The standard InChI is InChI=1S/C31H34Cl2N2O3/c1-19(2)38-26-18-22(29(3,4)5)12-17-25(26)27-34-30(6,20-8-13-23(32)14-9-20)31(7,35(27)28(36)37)21-10-15-24(33)16-11-21/h8-19H,1-7H3,(H,36,37). The Morgan fingerprint density at radius 2 is 1.45 bits per heavy atom. The number of amidine groups is 1. The van der Waals surface area contributed by atoms with Gasteiger partial charge in [0.2, 0.25) is 0 Å². The first-order valence-corrected chi connectivity index (χ1v) is 13.4. The summed E-state index contributed by atoms with van der Waals surface area (Å²) in [6.45, 7) is 14.2. The molecule has 1 amide bonds. The Morgan fingerprint density at radius 1 is 0.921 bits per heavy atom. The van der Waals surface area contributed by atoms with E-state index in [9.17, 15) is 9.90 Å². The van der Waals surface area contributed by atoms with Gasteiger partial charge < -0.3 is 9.84 Å². The molecule has 1 aliphatic heterocycles. The van der Waals surface area contributed by atoms with Crippen molar-refractivity contribution in [3.8, 4) is 5.75 Å². The lowest BCUT2D eigenvalue weighted by atomic mass is 9.71. The number of rotatable bonds is 5. The minimum absolute atomic E-state index is 0.116. The van der Waals surface area contributed by atoms with Crippen molar-refractivity contribution in [1.82, 2.24) is 4.90 Å². The Labute approximate surface area is 235 Å². The Morgan fingerprint density at radius 3 is 1.92 bits per heavy atom. The summed E-state index contributed by atoms with van der Waals surface area (Å²) in [4.78, 5) is 19.7. The molecule has 0 saturated carbocycles. The van der Waals surface area contributed by atoms with Crippen LogP contribution in [0.15, 0.2) is 71.7 Å². The maximum atomic E-state index is 13.1. The quantitative estimate of drug-likeness (QED) is 0.344. The second-order valence-corrected chi connectivity index (χ2v) is 12.2. The van der Waals surface area contributed by atoms with E-state index in [4.69, 9.17) is 32.9 Å². The molecule has 5 nitrogen and oxygen atoms in total. The highest BCUT2D eigenvalue weighted by Gasteiger charge is 2.59. The van der Waals surface area contributed by atoms with Crippen LogP contribution in [0, 0.1) is 0 Å². The largest absolute Gasteiger partial charge is 0.490 e. The molecule has 1 heterocycles. The average molecular weight is 554 g/mol. The maximum absolute atomic E-state index is 13.1. The van der Waals surface area contributed by atoms with Crippen molar-refractivity contribution in [3.05, 3.63) is 99.0 Å². The van der Waals surface area contributed by atoms with Crippen LogP contribution >= 0.6 is 23.2 Å². The van der Waals surface area contributed by atoms with Gasteiger partial charge in [0.15, 0.2) is 0 Å².